The molecule has 0 radical (unpaired) electrons. The van der Waals surface area contributed by atoms with Crippen molar-refractivity contribution in [1.82, 2.24) is 15.3 Å². The highest BCUT2D eigenvalue weighted by atomic mass is 35.5. The topological polar surface area (TPSA) is 56.1 Å². The molecule has 1 amide bonds. The maximum atomic E-state index is 12.2. The van der Waals surface area contributed by atoms with Crippen LogP contribution in [0, 0.1) is 13.8 Å². The third-order valence-corrected chi connectivity index (χ3v) is 4.20. The molecule has 0 saturated heterocycles. The van der Waals surface area contributed by atoms with E-state index in [1.54, 1.807) is 4.68 Å². The monoisotopic (exact) mass is 343 g/mol. The summed E-state index contributed by atoms with van der Waals surface area (Å²) in [7, 11) is 1.40. The second kappa shape index (κ2) is 6.63. The molecule has 5 nitrogen and oxygen atoms in total. The third kappa shape index (κ3) is 3.13. The van der Waals surface area contributed by atoms with Gasteiger partial charge in [-0.1, -0.05) is 35.4 Å². The van der Waals surface area contributed by atoms with Crippen LogP contribution >= 0.6 is 11.6 Å². The highest BCUT2D eigenvalue weighted by molar-refractivity contribution is 6.31. The normalized spacial score (nSPS) is 11.0. The van der Waals surface area contributed by atoms with Crippen LogP contribution in [0.1, 0.15) is 27.2 Å². The second-order valence-corrected chi connectivity index (χ2v) is 6.16. The number of hydrogen-bond donors (Lipinski definition) is 1. The number of carbonyl (C=O) groups is 1. The highest BCUT2D eigenvalue weighted by Gasteiger charge is 2.18. The maximum absolute atomic E-state index is 12.2. The molecular formula is C18H18ClN3O2. The predicted octanol–water partition coefficient (Wildman–Crippen LogP) is 3.65. The molecule has 0 aliphatic heterocycles. The van der Waals surface area contributed by atoms with Gasteiger partial charge in [-0.3, -0.25) is 14.3 Å². The fraction of sp³-hybridized carbons (Fsp3) is 0.222. The Labute approximate surface area is 145 Å². The standard InChI is InChI=1S/C18H18ClN3O2/c1-11-5-7-16-14(8-11)17(18(23)21-24-3)20-22(16)10-13-6-4-12(2)9-15(13)19/h4-9H,10H2,1-3H3,(H,21,23). The summed E-state index contributed by atoms with van der Waals surface area (Å²) in [6.45, 7) is 4.46. The van der Waals surface area contributed by atoms with Crippen LogP contribution in [0.2, 0.25) is 5.02 Å². The summed E-state index contributed by atoms with van der Waals surface area (Å²) in [6, 6.07) is 11.8. The quantitative estimate of drug-likeness (QED) is 0.736. The van der Waals surface area contributed by atoms with Gasteiger partial charge in [-0.25, -0.2) is 5.48 Å². The molecule has 124 valence electrons. The summed E-state index contributed by atoms with van der Waals surface area (Å²) in [6.07, 6.45) is 0. The molecule has 1 heterocycles. The number of halogens is 1. The van der Waals surface area contributed by atoms with Crippen molar-refractivity contribution in [2.24, 2.45) is 0 Å². The van der Waals surface area contributed by atoms with E-state index in [-0.39, 0.29) is 5.91 Å². The fourth-order valence-electron chi connectivity index (χ4n) is 2.66. The summed E-state index contributed by atoms with van der Waals surface area (Å²) < 4.78 is 1.79. The summed E-state index contributed by atoms with van der Waals surface area (Å²) in [5, 5.41) is 5.95. The summed E-state index contributed by atoms with van der Waals surface area (Å²) >= 11 is 6.33. The molecule has 6 heteroatoms. The van der Waals surface area contributed by atoms with Gasteiger partial charge in [-0.05, 0) is 43.2 Å². The molecule has 0 fully saturated rings. The zero-order chi connectivity index (χ0) is 17.3. The van der Waals surface area contributed by atoms with Crippen LogP contribution in [0.25, 0.3) is 10.9 Å². The molecule has 0 saturated carbocycles. The van der Waals surface area contributed by atoms with E-state index < -0.39 is 0 Å². The van der Waals surface area contributed by atoms with Gasteiger partial charge in [-0.15, -0.1) is 0 Å². The minimum Gasteiger partial charge on any atom is -0.277 e. The number of aromatic nitrogens is 2. The SMILES string of the molecule is CONC(=O)c1nn(Cc2ccc(C)cc2Cl)c2ccc(C)cc12. The van der Waals surface area contributed by atoms with Crippen molar-refractivity contribution in [3.8, 4) is 0 Å². The Morgan fingerprint density at radius 2 is 1.92 bits per heavy atom. The zero-order valence-corrected chi connectivity index (χ0v) is 14.5. The van der Waals surface area contributed by atoms with Gasteiger partial charge in [0.25, 0.3) is 5.91 Å². The van der Waals surface area contributed by atoms with E-state index in [1.807, 2.05) is 50.2 Å². The minimum atomic E-state index is -0.373. The number of amides is 1. The van der Waals surface area contributed by atoms with Crippen molar-refractivity contribution < 1.29 is 9.63 Å². The Kier molecular flexibility index (Phi) is 4.55. The Hall–Kier alpha value is -2.37. The van der Waals surface area contributed by atoms with Gasteiger partial charge >= 0.3 is 0 Å². The lowest BCUT2D eigenvalue weighted by Gasteiger charge is -2.07. The maximum Gasteiger partial charge on any atom is 0.295 e. The molecular weight excluding hydrogens is 326 g/mol. The molecule has 24 heavy (non-hydrogen) atoms. The molecule has 3 rings (SSSR count). The molecule has 0 aliphatic rings. The first-order valence-electron chi connectivity index (χ1n) is 7.55. The van der Waals surface area contributed by atoms with Crippen LogP contribution in [0.5, 0.6) is 0 Å². The van der Waals surface area contributed by atoms with Gasteiger partial charge in [0.15, 0.2) is 5.69 Å². The lowest BCUT2D eigenvalue weighted by atomic mass is 10.1. The number of nitrogens with zero attached hydrogens (tertiary/aromatic N) is 2. The Morgan fingerprint density at radius 3 is 2.62 bits per heavy atom. The van der Waals surface area contributed by atoms with Gasteiger partial charge in [0.05, 0.1) is 19.2 Å². The Bertz CT molecular complexity index is 918. The van der Waals surface area contributed by atoms with Crippen LogP contribution in [0.4, 0.5) is 0 Å². The summed E-state index contributed by atoms with van der Waals surface area (Å²) in [5.74, 6) is -0.373. The average Bonchev–Trinajstić information content (AvgIpc) is 2.88. The van der Waals surface area contributed by atoms with Crippen molar-refractivity contribution in [3.05, 3.63) is 63.8 Å². The molecule has 3 aromatic rings. The molecule has 0 unspecified atom stereocenters. The third-order valence-electron chi connectivity index (χ3n) is 3.84. The zero-order valence-electron chi connectivity index (χ0n) is 13.8. The van der Waals surface area contributed by atoms with Gasteiger partial charge in [0, 0.05) is 10.4 Å². The van der Waals surface area contributed by atoms with E-state index in [9.17, 15) is 4.79 Å². The molecule has 2 aromatic carbocycles. The van der Waals surface area contributed by atoms with E-state index in [0.29, 0.717) is 17.3 Å². The van der Waals surface area contributed by atoms with Crippen molar-refractivity contribution in [3.63, 3.8) is 0 Å². The first-order chi connectivity index (χ1) is 11.5. The minimum absolute atomic E-state index is 0.332. The first-order valence-corrected chi connectivity index (χ1v) is 7.93. The van der Waals surface area contributed by atoms with Crippen LogP contribution in [0.3, 0.4) is 0 Å². The average molecular weight is 344 g/mol. The van der Waals surface area contributed by atoms with Crippen molar-refractivity contribution in [2.75, 3.05) is 7.11 Å². The summed E-state index contributed by atoms with van der Waals surface area (Å²) in [4.78, 5) is 16.9. The smallest absolute Gasteiger partial charge is 0.277 e. The predicted molar refractivity (Wildman–Crippen MR) is 94.2 cm³/mol. The Balaban J connectivity index is 2.09. The number of carbonyl (C=O) groups excluding carboxylic acids is 1. The fourth-order valence-corrected chi connectivity index (χ4v) is 2.96. The van der Waals surface area contributed by atoms with Crippen molar-refractivity contribution in [1.29, 1.82) is 0 Å². The van der Waals surface area contributed by atoms with Gasteiger partial charge in [0.1, 0.15) is 0 Å². The highest BCUT2D eigenvalue weighted by Crippen LogP contribution is 2.24. The molecule has 0 atom stereocenters. The molecule has 0 aliphatic carbocycles. The lowest BCUT2D eigenvalue weighted by molar-refractivity contribution is 0.0533. The van der Waals surface area contributed by atoms with Crippen molar-refractivity contribution in [2.45, 2.75) is 20.4 Å². The number of hydroxylamine groups is 1. The van der Waals surface area contributed by atoms with Crippen LogP contribution in [-0.4, -0.2) is 22.8 Å². The number of benzene rings is 2. The molecule has 1 N–H and O–H groups in total. The van der Waals surface area contributed by atoms with E-state index in [4.69, 9.17) is 16.4 Å². The van der Waals surface area contributed by atoms with Crippen LogP contribution in [-0.2, 0) is 11.4 Å². The molecule has 0 spiro atoms. The number of nitrogens with one attached hydrogen (secondary N) is 1. The van der Waals surface area contributed by atoms with Crippen LogP contribution in [0.15, 0.2) is 36.4 Å². The van der Waals surface area contributed by atoms with Crippen LogP contribution < -0.4 is 5.48 Å². The van der Waals surface area contributed by atoms with Gasteiger partial charge < -0.3 is 0 Å². The Morgan fingerprint density at radius 1 is 1.21 bits per heavy atom. The number of rotatable bonds is 4. The van der Waals surface area contributed by atoms with Gasteiger partial charge in [0.2, 0.25) is 0 Å². The van der Waals surface area contributed by atoms with Gasteiger partial charge in [-0.2, -0.15) is 5.10 Å². The van der Waals surface area contributed by atoms with E-state index in [0.717, 1.165) is 27.6 Å². The molecule has 0 bridgehead atoms. The largest absolute Gasteiger partial charge is 0.295 e. The first kappa shape index (κ1) is 16.5. The van der Waals surface area contributed by atoms with E-state index in [1.165, 1.54) is 7.11 Å². The lowest BCUT2D eigenvalue weighted by Crippen LogP contribution is -2.22. The summed E-state index contributed by atoms with van der Waals surface area (Å²) in [5.41, 5.74) is 6.64. The number of fused-ring (bicyclic) bond motifs is 1. The molecule has 1 aromatic heterocycles. The number of aryl methyl sites for hydroxylation is 2. The van der Waals surface area contributed by atoms with Crippen molar-refractivity contribution >= 4 is 28.4 Å². The number of hydrogen-bond acceptors (Lipinski definition) is 3. The van der Waals surface area contributed by atoms with E-state index in [2.05, 4.69) is 10.6 Å². The second-order valence-electron chi connectivity index (χ2n) is 5.76. The van der Waals surface area contributed by atoms with E-state index >= 15 is 0 Å².